The van der Waals surface area contributed by atoms with Crippen molar-refractivity contribution in [2.45, 2.75) is 42.6 Å². The number of aromatic nitrogens is 2. The number of amides is 1. The third-order valence-electron chi connectivity index (χ3n) is 4.85. The predicted octanol–water partition coefficient (Wildman–Crippen LogP) is 4.42. The molecule has 1 atom stereocenters. The molecular formula is C22H25FN4O4S2. The van der Waals surface area contributed by atoms with Crippen molar-refractivity contribution < 1.29 is 22.0 Å². The highest BCUT2D eigenvalue weighted by Crippen LogP contribution is 2.29. The van der Waals surface area contributed by atoms with Crippen molar-refractivity contribution in [3.8, 4) is 11.5 Å². The number of anilines is 1. The van der Waals surface area contributed by atoms with Gasteiger partial charge in [-0.15, -0.1) is 10.2 Å². The second kappa shape index (κ2) is 10.9. The number of hydrogen-bond donors (Lipinski definition) is 1. The molecule has 1 aromatic heterocycles. The fourth-order valence-electron chi connectivity index (χ4n) is 3.08. The number of thioether (sulfide) groups is 1. The highest BCUT2D eigenvalue weighted by molar-refractivity contribution is 8.00. The molecule has 1 heterocycles. The molecule has 0 fully saturated rings. The first-order chi connectivity index (χ1) is 15.8. The lowest BCUT2D eigenvalue weighted by molar-refractivity contribution is -0.115. The Morgan fingerprint density at radius 3 is 2.45 bits per heavy atom. The van der Waals surface area contributed by atoms with E-state index in [0.29, 0.717) is 30.8 Å². The molecule has 0 aliphatic heterocycles. The van der Waals surface area contributed by atoms with Crippen LogP contribution in [0.5, 0.6) is 0 Å². The molecule has 0 spiro atoms. The Hall–Kier alpha value is -2.76. The minimum absolute atomic E-state index is 0.140. The Labute approximate surface area is 196 Å². The molecule has 176 valence electrons. The maximum Gasteiger partial charge on any atom is 0.277 e. The normalized spacial score (nSPS) is 12.6. The number of benzene rings is 2. The van der Waals surface area contributed by atoms with Crippen LogP contribution in [0.4, 0.5) is 10.1 Å². The first kappa shape index (κ1) is 24.9. The van der Waals surface area contributed by atoms with Gasteiger partial charge in [0.1, 0.15) is 5.82 Å². The van der Waals surface area contributed by atoms with Crippen LogP contribution in [-0.4, -0.2) is 47.2 Å². The molecule has 0 radical (unpaired) electrons. The average Bonchev–Trinajstić information content (AvgIpc) is 3.28. The molecule has 8 nitrogen and oxygen atoms in total. The number of rotatable bonds is 10. The van der Waals surface area contributed by atoms with E-state index in [9.17, 15) is 17.6 Å². The Balaban J connectivity index is 1.75. The number of hydrogen-bond acceptors (Lipinski definition) is 7. The zero-order chi connectivity index (χ0) is 24.0. The summed E-state index contributed by atoms with van der Waals surface area (Å²) in [6.45, 7) is 6.14. The minimum Gasteiger partial charge on any atom is -0.411 e. The van der Waals surface area contributed by atoms with Crippen LogP contribution in [0, 0.1) is 5.82 Å². The first-order valence-corrected chi connectivity index (χ1v) is 12.8. The standard InChI is InChI=1S/C22H25FN4O4S2/c1-4-19(20(28)24-17-12-10-16(23)11-13-17)32-22-26-25-21(31-22)15-8-7-9-18(14-15)33(29,30)27(5-2)6-3/h7-14,19H,4-6H2,1-3H3,(H,24,28). The van der Waals surface area contributed by atoms with Gasteiger partial charge < -0.3 is 9.73 Å². The molecule has 1 amide bonds. The highest BCUT2D eigenvalue weighted by Gasteiger charge is 2.24. The molecule has 11 heteroatoms. The van der Waals surface area contributed by atoms with E-state index >= 15 is 0 Å². The summed E-state index contributed by atoms with van der Waals surface area (Å²) >= 11 is 1.10. The van der Waals surface area contributed by atoms with E-state index in [1.165, 1.54) is 40.7 Å². The number of carbonyl (C=O) groups is 1. The third kappa shape index (κ3) is 5.98. The van der Waals surface area contributed by atoms with Crippen LogP contribution in [0.2, 0.25) is 0 Å². The van der Waals surface area contributed by atoms with Gasteiger partial charge in [0, 0.05) is 24.3 Å². The molecule has 0 saturated heterocycles. The molecule has 0 saturated carbocycles. The first-order valence-electron chi connectivity index (χ1n) is 10.5. The topological polar surface area (TPSA) is 105 Å². The van der Waals surface area contributed by atoms with Crippen molar-refractivity contribution in [3.63, 3.8) is 0 Å². The monoisotopic (exact) mass is 492 g/mol. The van der Waals surface area contributed by atoms with Crippen molar-refractivity contribution in [2.75, 3.05) is 18.4 Å². The molecule has 0 bridgehead atoms. The predicted molar refractivity (Wildman–Crippen MR) is 125 cm³/mol. The summed E-state index contributed by atoms with van der Waals surface area (Å²) in [6, 6.07) is 11.8. The number of nitrogens with zero attached hydrogens (tertiary/aromatic N) is 3. The average molecular weight is 493 g/mol. The van der Waals surface area contributed by atoms with Crippen LogP contribution < -0.4 is 5.32 Å². The van der Waals surface area contributed by atoms with Gasteiger partial charge in [-0.05, 0) is 48.9 Å². The minimum atomic E-state index is -3.63. The fourth-order valence-corrected chi connectivity index (χ4v) is 5.37. The summed E-state index contributed by atoms with van der Waals surface area (Å²) in [7, 11) is -3.63. The number of halogens is 1. The third-order valence-corrected chi connectivity index (χ3v) is 8.09. The summed E-state index contributed by atoms with van der Waals surface area (Å²) in [6.07, 6.45) is 0.493. The second-order valence-electron chi connectivity index (χ2n) is 7.00. The van der Waals surface area contributed by atoms with Crippen LogP contribution in [0.15, 0.2) is 63.1 Å². The quantitative estimate of drug-likeness (QED) is 0.418. The van der Waals surface area contributed by atoms with Crippen molar-refractivity contribution in [2.24, 2.45) is 0 Å². The van der Waals surface area contributed by atoms with E-state index in [-0.39, 0.29) is 27.7 Å². The fraction of sp³-hybridized carbons (Fsp3) is 0.318. The van der Waals surface area contributed by atoms with Gasteiger partial charge in [-0.2, -0.15) is 4.31 Å². The van der Waals surface area contributed by atoms with Crippen LogP contribution >= 0.6 is 11.8 Å². The van der Waals surface area contributed by atoms with Gasteiger partial charge in [-0.1, -0.05) is 38.6 Å². The van der Waals surface area contributed by atoms with Gasteiger partial charge in [0.05, 0.1) is 10.1 Å². The maximum atomic E-state index is 13.1. The SMILES string of the molecule is CCC(Sc1nnc(-c2cccc(S(=O)(=O)N(CC)CC)c2)o1)C(=O)Nc1ccc(F)cc1. The van der Waals surface area contributed by atoms with Gasteiger partial charge in [-0.3, -0.25) is 4.79 Å². The Morgan fingerprint density at radius 2 is 1.82 bits per heavy atom. The van der Waals surface area contributed by atoms with Crippen molar-refractivity contribution in [1.29, 1.82) is 0 Å². The van der Waals surface area contributed by atoms with Gasteiger partial charge in [0.2, 0.25) is 21.8 Å². The molecular weight excluding hydrogens is 467 g/mol. The molecule has 2 aromatic carbocycles. The van der Waals surface area contributed by atoms with Gasteiger partial charge in [-0.25, -0.2) is 12.8 Å². The van der Waals surface area contributed by atoms with Gasteiger partial charge in [0.25, 0.3) is 5.22 Å². The maximum absolute atomic E-state index is 13.1. The van der Waals surface area contributed by atoms with E-state index in [0.717, 1.165) is 11.8 Å². The second-order valence-corrected chi connectivity index (χ2v) is 10.1. The van der Waals surface area contributed by atoms with E-state index < -0.39 is 15.3 Å². The van der Waals surface area contributed by atoms with E-state index in [1.54, 1.807) is 26.0 Å². The van der Waals surface area contributed by atoms with Crippen LogP contribution in [0.25, 0.3) is 11.5 Å². The number of nitrogens with one attached hydrogen (secondary N) is 1. The van der Waals surface area contributed by atoms with Crippen molar-refractivity contribution in [3.05, 3.63) is 54.3 Å². The Kier molecular flexibility index (Phi) is 8.22. The van der Waals surface area contributed by atoms with Crippen LogP contribution in [0.1, 0.15) is 27.2 Å². The van der Waals surface area contributed by atoms with Gasteiger partial charge >= 0.3 is 0 Å². The zero-order valence-electron chi connectivity index (χ0n) is 18.5. The molecule has 1 N–H and O–H groups in total. The molecule has 0 aliphatic rings. The van der Waals surface area contributed by atoms with E-state index in [2.05, 4.69) is 15.5 Å². The van der Waals surface area contributed by atoms with Crippen molar-refractivity contribution >= 4 is 33.4 Å². The largest absolute Gasteiger partial charge is 0.411 e. The highest BCUT2D eigenvalue weighted by atomic mass is 32.2. The summed E-state index contributed by atoms with van der Waals surface area (Å²) in [4.78, 5) is 12.7. The van der Waals surface area contributed by atoms with Crippen LogP contribution in [-0.2, 0) is 14.8 Å². The van der Waals surface area contributed by atoms with E-state index in [4.69, 9.17) is 4.42 Å². The number of carbonyl (C=O) groups excluding carboxylic acids is 1. The van der Waals surface area contributed by atoms with Crippen LogP contribution in [0.3, 0.4) is 0 Å². The molecule has 33 heavy (non-hydrogen) atoms. The Morgan fingerprint density at radius 1 is 1.12 bits per heavy atom. The summed E-state index contributed by atoms with van der Waals surface area (Å²) in [5.74, 6) is -0.508. The molecule has 3 rings (SSSR count). The number of sulfonamides is 1. The lowest BCUT2D eigenvalue weighted by Crippen LogP contribution is -2.30. The summed E-state index contributed by atoms with van der Waals surface area (Å²) in [5, 5.41) is 10.4. The molecule has 1 unspecified atom stereocenters. The lowest BCUT2D eigenvalue weighted by atomic mass is 10.2. The molecule has 3 aromatic rings. The van der Waals surface area contributed by atoms with Gasteiger partial charge in [0.15, 0.2) is 0 Å². The smallest absolute Gasteiger partial charge is 0.277 e. The van der Waals surface area contributed by atoms with E-state index in [1.807, 2.05) is 6.92 Å². The zero-order valence-corrected chi connectivity index (χ0v) is 20.1. The lowest BCUT2D eigenvalue weighted by Gasteiger charge is -2.18. The molecule has 0 aliphatic carbocycles. The van der Waals surface area contributed by atoms with Crippen molar-refractivity contribution in [1.82, 2.24) is 14.5 Å². The summed E-state index contributed by atoms with van der Waals surface area (Å²) in [5.41, 5.74) is 0.948. The Bertz CT molecular complexity index is 1200. The summed E-state index contributed by atoms with van der Waals surface area (Å²) < 4.78 is 45.7.